The number of amides is 2. The fraction of sp³-hybridized carbons (Fsp3) is 0.864. The SMILES string of the molecule is CC1C[C@H]2CN(C(=O)[C@@H](NC(=O)OC(C)(C)C)C(C)(C)C)C(C(=O)O)[C@H]2CC1C. The second-order valence-corrected chi connectivity index (χ2v) is 11.1. The normalized spacial score (nSPS) is 31.0. The Morgan fingerprint density at radius 2 is 1.59 bits per heavy atom. The molecule has 2 N–H and O–H groups in total. The summed E-state index contributed by atoms with van der Waals surface area (Å²) in [6.45, 7) is 15.6. The Labute approximate surface area is 174 Å². The number of carboxylic acids is 1. The molecule has 6 atom stereocenters. The number of likely N-dealkylation sites (tertiary alicyclic amines) is 1. The standard InChI is InChI=1S/C22H38N2O5/c1-12-9-14-11-24(16(19(26)27)15(14)10-13(12)2)18(25)17(21(3,4)5)23-20(28)29-22(6,7)8/h12-17H,9-11H2,1-8H3,(H,23,28)(H,26,27)/t12?,13?,14-,15-,16?,17+/m0/s1. The van der Waals surface area contributed by atoms with Gasteiger partial charge in [-0.1, -0.05) is 34.6 Å². The molecule has 2 rings (SSSR count). The van der Waals surface area contributed by atoms with E-state index >= 15 is 0 Å². The van der Waals surface area contributed by atoms with E-state index in [1.54, 1.807) is 20.8 Å². The topological polar surface area (TPSA) is 95.9 Å². The lowest BCUT2D eigenvalue weighted by Gasteiger charge is -2.36. The summed E-state index contributed by atoms with van der Waals surface area (Å²) < 4.78 is 5.34. The molecular formula is C22H38N2O5. The molecule has 1 saturated carbocycles. The summed E-state index contributed by atoms with van der Waals surface area (Å²) in [6.07, 6.45) is 1.07. The minimum Gasteiger partial charge on any atom is -0.480 e. The number of hydrogen-bond donors (Lipinski definition) is 2. The molecule has 3 unspecified atom stereocenters. The molecule has 0 radical (unpaired) electrons. The van der Waals surface area contributed by atoms with Gasteiger partial charge in [0, 0.05) is 6.54 Å². The summed E-state index contributed by atoms with van der Waals surface area (Å²) in [5.74, 6) is -0.202. The average molecular weight is 411 g/mol. The zero-order chi connectivity index (χ0) is 22.3. The number of fused-ring (bicyclic) bond motifs is 1. The predicted octanol–water partition coefficient (Wildman–Crippen LogP) is 3.52. The molecule has 0 aromatic carbocycles. The predicted molar refractivity (Wildman–Crippen MR) is 110 cm³/mol. The Morgan fingerprint density at radius 1 is 1.03 bits per heavy atom. The van der Waals surface area contributed by atoms with Crippen molar-refractivity contribution in [1.82, 2.24) is 10.2 Å². The summed E-state index contributed by atoms with van der Waals surface area (Å²) in [7, 11) is 0. The fourth-order valence-corrected chi connectivity index (χ4v) is 4.72. The highest BCUT2D eigenvalue weighted by Gasteiger charge is 2.52. The minimum absolute atomic E-state index is 0.0372. The average Bonchev–Trinajstić information content (AvgIpc) is 2.88. The van der Waals surface area contributed by atoms with Crippen LogP contribution >= 0.6 is 0 Å². The van der Waals surface area contributed by atoms with Gasteiger partial charge in [-0.05, 0) is 62.7 Å². The number of alkyl carbamates (subject to hydrolysis) is 1. The van der Waals surface area contributed by atoms with Crippen molar-refractivity contribution < 1.29 is 24.2 Å². The van der Waals surface area contributed by atoms with Crippen molar-refractivity contribution in [2.45, 2.75) is 85.9 Å². The quantitative estimate of drug-likeness (QED) is 0.742. The van der Waals surface area contributed by atoms with Gasteiger partial charge in [-0.2, -0.15) is 0 Å². The number of hydrogen-bond acceptors (Lipinski definition) is 4. The molecule has 7 nitrogen and oxygen atoms in total. The number of rotatable bonds is 3. The van der Waals surface area contributed by atoms with Gasteiger partial charge in [0.2, 0.25) is 5.91 Å². The molecular weight excluding hydrogens is 372 g/mol. The highest BCUT2D eigenvalue weighted by atomic mass is 16.6. The summed E-state index contributed by atoms with van der Waals surface area (Å²) in [4.78, 5) is 39.5. The van der Waals surface area contributed by atoms with Crippen LogP contribution in [0.4, 0.5) is 4.79 Å². The first-order chi connectivity index (χ1) is 13.1. The molecule has 0 spiro atoms. The molecule has 2 aliphatic rings. The molecule has 2 fully saturated rings. The number of aliphatic carboxylic acids is 1. The lowest BCUT2D eigenvalue weighted by atomic mass is 9.69. The Bertz CT molecular complexity index is 649. The van der Waals surface area contributed by atoms with E-state index in [4.69, 9.17) is 4.74 Å². The van der Waals surface area contributed by atoms with E-state index in [2.05, 4.69) is 19.2 Å². The molecule has 0 aromatic heterocycles. The zero-order valence-electron chi connectivity index (χ0n) is 19.1. The van der Waals surface area contributed by atoms with E-state index in [0.29, 0.717) is 18.4 Å². The lowest BCUT2D eigenvalue weighted by Crippen LogP contribution is -2.57. The summed E-state index contributed by atoms with van der Waals surface area (Å²) in [5, 5.41) is 12.6. The number of carbonyl (C=O) groups is 3. The van der Waals surface area contributed by atoms with Crippen molar-refractivity contribution in [3.63, 3.8) is 0 Å². The third-order valence-corrected chi connectivity index (χ3v) is 6.38. The van der Waals surface area contributed by atoms with Crippen LogP contribution in [0.25, 0.3) is 0 Å². The van der Waals surface area contributed by atoms with E-state index in [0.717, 1.165) is 12.8 Å². The monoisotopic (exact) mass is 410 g/mol. The molecule has 7 heteroatoms. The van der Waals surface area contributed by atoms with Crippen molar-refractivity contribution >= 4 is 18.0 Å². The number of carboxylic acid groups (broad SMARTS) is 1. The second kappa shape index (κ2) is 8.15. The largest absolute Gasteiger partial charge is 0.480 e. The van der Waals surface area contributed by atoms with Gasteiger partial charge in [0.25, 0.3) is 0 Å². The van der Waals surface area contributed by atoms with E-state index in [9.17, 15) is 19.5 Å². The number of nitrogens with zero attached hydrogens (tertiary/aromatic N) is 1. The molecule has 29 heavy (non-hydrogen) atoms. The molecule has 2 amide bonds. The van der Waals surface area contributed by atoms with Crippen LogP contribution in [0.2, 0.25) is 0 Å². The molecule has 0 aromatic rings. The molecule has 1 aliphatic carbocycles. The van der Waals surface area contributed by atoms with Crippen LogP contribution in [-0.4, -0.2) is 52.2 Å². The van der Waals surface area contributed by atoms with E-state index < -0.39 is 35.2 Å². The van der Waals surface area contributed by atoms with E-state index in [-0.39, 0.29) is 17.7 Å². The van der Waals surface area contributed by atoms with Gasteiger partial charge in [0.15, 0.2) is 0 Å². The Balaban J connectivity index is 2.27. The summed E-state index contributed by atoms with van der Waals surface area (Å²) in [5.41, 5.74) is -1.28. The van der Waals surface area contributed by atoms with Crippen LogP contribution < -0.4 is 5.32 Å². The minimum atomic E-state index is -0.961. The van der Waals surface area contributed by atoms with Crippen LogP contribution in [-0.2, 0) is 14.3 Å². The maximum absolute atomic E-state index is 13.5. The highest BCUT2D eigenvalue weighted by molar-refractivity contribution is 5.90. The van der Waals surface area contributed by atoms with Crippen LogP contribution in [0, 0.1) is 29.1 Å². The van der Waals surface area contributed by atoms with Crippen LogP contribution in [0.15, 0.2) is 0 Å². The highest BCUT2D eigenvalue weighted by Crippen LogP contribution is 2.45. The van der Waals surface area contributed by atoms with Crippen LogP contribution in [0.5, 0.6) is 0 Å². The molecule has 0 bridgehead atoms. The van der Waals surface area contributed by atoms with Crippen molar-refractivity contribution in [2.75, 3.05) is 6.54 Å². The van der Waals surface area contributed by atoms with E-state index in [1.165, 1.54) is 4.90 Å². The van der Waals surface area contributed by atoms with E-state index in [1.807, 2.05) is 20.8 Å². The van der Waals surface area contributed by atoms with Gasteiger partial charge in [-0.3, -0.25) is 4.79 Å². The fourth-order valence-electron chi connectivity index (χ4n) is 4.72. The Morgan fingerprint density at radius 3 is 2.07 bits per heavy atom. The molecule has 1 saturated heterocycles. The first-order valence-electron chi connectivity index (χ1n) is 10.6. The summed E-state index contributed by atoms with van der Waals surface area (Å²) in [6, 6.07) is -1.71. The zero-order valence-corrected chi connectivity index (χ0v) is 19.1. The van der Waals surface area contributed by atoms with Crippen molar-refractivity contribution in [2.24, 2.45) is 29.1 Å². The molecule has 1 heterocycles. The van der Waals surface area contributed by atoms with Gasteiger partial charge in [-0.15, -0.1) is 0 Å². The molecule has 166 valence electrons. The van der Waals surface area contributed by atoms with Crippen molar-refractivity contribution in [3.05, 3.63) is 0 Å². The second-order valence-electron chi connectivity index (χ2n) is 11.1. The smallest absolute Gasteiger partial charge is 0.408 e. The van der Waals surface area contributed by atoms with Crippen molar-refractivity contribution in [3.8, 4) is 0 Å². The first-order valence-corrected chi connectivity index (χ1v) is 10.6. The van der Waals surface area contributed by atoms with Gasteiger partial charge in [-0.25, -0.2) is 9.59 Å². The third-order valence-electron chi connectivity index (χ3n) is 6.38. The number of nitrogens with one attached hydrogen (secondary N) is 1. The van der Waals surface area contributed by atoms with Crippen LogP contribution in [0.1, 0.15) is 68.2 Å². The molecule has 1 aliphatic heterocycles. The van der Waals surface area contributed by atoms with Gasteiger partial charge < -0.3 is 20.1 Å². The Hall–Kier alpha value is -1.79. The number of carbonyl (C=O) groups excluding carboxylic acids is 2. The maximum Gasteiger partial charge on any atom is 0.408 e. The number of ether oxygens (including phenoxy) is 1. The Kier molecular flexibility index (Phi) is 6.60. The van der Waals surface area contributed by atoms with Crippen LogP contribution in [0.3, 0.4) is 0 Å². The summed E-state index contributed by atoms with van der Waals surface area (Å²) >= 11 is 0. The van der Waals surface area contributed by atoms with Gasteiger partial charge >= 0.3 is 12.1 Å². The van der Waals surface area contributed by atoms with Crippen molar-refractivity contribution in [1.29, 1.82) is 0 Å². The van der Waals surface area contributed by atoms with Gasteiger partial charge in [0.1, 0.15) is 17.7 Å². The first kappa shape index (κ1) is 23.5. The third kappa shape index (κ3) is 5.43. The van der Waals surface area contributed by atoms with Gasteiger partial charge in [0.05, 0.1) is 0 Å². The lowest BCUT2D eigenvalue weighted by molar-refractivity contribution is -0.151. The maximum atomic E-state index is 13.5.